The van der Waals surface area contributed by atoms with E-state index in [2.05, 4.69) is 39.4 Å². The molecule has 0 unspecified atom stereocenters. The van der Waals surface area contributed by atoms with Crippen molar-refractivity contribution in [3.8, 4) is 0 Å². The molecule has 4 rings (SSSR count). The molecular weight excluding hydrogens is 346 g/mol. The van der Waals surface area contributed by atoms with Gasteiger partial charge in [0.25, 0.3) is 0 Å². The first-order valence-electron chi connectivity index (χ1n) is 9.26. The molecule has 1 fully saturated rings. The first kappa shape index (κ1) is 17.5. The number of carbonyl (C=O) groups is 1. The van der Waals surface area contributed by atoms with Gasteiger partial charge in [-0.2, -0.15) is 0 Å². The molecule has 1 atom stereocenters. The lowest BCUT2D eigenvalue weighted by molar-refractivity contribution is -0.130. The molecule has 1 aliphatic heterocycles. The molecule has 1 saturated heterocycles. The molecule has 1 aliphatic carbocycles. The van der Waals surface area contributed by atoms with Crippen LogP contribution in [-0.2, 0) is 24.7 Å². The Morgan fingerprint density at radius 3 is 2.69 bits per heavy atom. The van der Waals surface area contributed by atoms with Crippen LogP contribution in [0.1, 0.15) is 17.5 Å². The van der Waals surface area contributed by atoms with Gasteiger partial charge in [-0.25, -0.2) is 0 Å². The zero-order chi connectivity index (χ0) is 17.9. The minimum Gasteiger partial charge on any atom is -0.339 e. The Hall–Kier alpha value is -1.86. The van der Waals surface area contributed by atoms with E-state index >= 15 is 0 Å². The maximum atomic E-state index is 12.5. The van der Waals surface area contributed by atoms with Crippen LogP contribution in [-0.4, -0.2) is 68.4 Å². The lowest BCUT2D eigenvalue weighted by atomic mass is 9.87. The van der Waals surface area contributed by atoms with Gasteiger partial charge in [-0.1, -0.05) is 36.0 Å². The molecule has 1 aromatic carbocycles. The standard InChI is InChI=1S/C19H25N5OS/c1-22-14-20-21-19(22)26-13-18(25)24-10-8-23(9-11-24)17-7-6-15-4-2-3-5-16(15)12-17/h2-5,14,17H,6-13H2,1H3/t17-/m1/s1. The van der Waals surface area contributed by atoms with Gasteiger partial charge in [0.15, 0.2) is 5.16 Å². The zero-order valence-corrected chi connectivity index (χ0v) is 16.0. The largest absolute Gasteiger partial charge is 0.339 e. The molecule has 0 spiro atoms. The summed E-state index contributed by atoms with van der Waals surface area (Å²) in [6, 6.07) is 9.44. The third-order valence-corrected chi connectivity index (χ3v) is 6.52. The summed E-state index contributed by atoms with van der Waals surface area (Å²) in [5.74, 6) is 0.634. The van der Waals surface area contributed by atoms with Crippen molar-refractivity contribution < 1.29 is 4.79 Å². The number of thioether (sulfide) groups is 1. The highest BCUT2D eigenvalue weighted by molar-refractivity contribution is 7.99. The van der Waals surface area contributed by atoms with Gasteiger partial charge in [0.05, 0.1) is 5.75 Å². The van der Waals surface area contributed by atoms with E-state index < -0.39 is 0 Å². The first-order valence-corrected chi connectivity index (χ1v) is 10.2. The monoisotopic (exact) mass is 371 g/mol. The lowest BCUT2D eigenvalue weighted by Crippen LogP contribution is -2.53. The second-order valence-corrected chi connectivity index (χ2v) is 8.04. The summed E-state index contributed by atoms with van der Waals surface area (Å²) in [5, 5.41) is 8.66. The molecule has 7 heteroatoms. The molecular formula is C19H25N5OS. The van der Waals surface area contributed by atoms with E-state index in [1.165, 1.54) is 35.7 Å². The molecule has 0 saturated carbocycles. The number of nitrogens with zero attached hydrogens (tertiary/aromatic N) is 5. The van der Waals surface area contributed by atoms with E-state index in [-0.39, 0.29) is 5.91 Å². The fourth-order valence-corrected chi connectivity index (χ4v) is 4.74. The Labute approximate surface area is 158 Å². The van der Waals surface area contributed by atoms with Crippen LogP contribution in [0, 0.1) is 0 Å². The maximum absolute atomic E-state index is 12.5. The van der Waals surface area contributed by atoms with Gasteiger partial charge in [0.2, 0.25) is 5.91 Å². The number of carbonyl (C=O) groups excluding carboxylic acids is 1. The third-order valence-electron chi connectivity index (χ3n) is 5.50. The Morgan fingerprint density at radius 2 is 1.96 bits per heavy atom. The number of piperazine rings is 1. The summed E-state index contributed by atoms with van der Waals surface area (Å²) in [4.78, 5) is 17.1. The summed E-state index contributed by atoms with van der Waals surface area (Å²) in [7, 11) is 1.90. The van der Waals surface area contributed by atoms with Crippen LogP contribution >= 0.6 is 11.8 Å². The van der Waals surface area contributed by atoms with Gasteiger partial charge in [-0.3, -0.25) is 9.69 Å². The summed E-state index contributed by atoms with van der Waals surface area (Å²) < 4.78 is 1.84. The molecule has 2 aliphatic rings. The highest BCUT2D eigenvalue weighted by Crippen LogP contribution is 2.25. The quantitative estimate of drug-likeness (QED) is 0.765. The Balaban J connectivity index is 1.26. The summed E-state index contributed by atoms with van der Waals surface area (Å²) >= 11 is 1.46. The Bertz CT molecular complexity index is 769. The van der Waals surface area contributed by atoms with Gasteiger partial charge >= 0.3 is 0 Å². The summed E-state index contributed by atoms with van der Waals surface area (Å²) in [6.07, 6.45) is 5.21. The van der Waals surface area contributed by atoms with Gasteiger partial charge in [0.1, 0.15) is 6.33 Å². The smallest absolute Gasteiger partial charge is 0.233 e. The minimum atomic E-state index is 0.201. The number of rotatable bonds is 4. The number of aryl methyl sites for hydroxylation is 2. The van der Waals surface area contributed by atoms with E-state index in [0.29, 0.717) is 11.8 Å². The number of hydrogen-bond acceptors (Lipinski definition) is 5. The molecule has 1 amide bonds. The van der Waals surface area contributed by atoms with Crippen LogP contribution in [0.15, 0.2) is 35.7 Å². The molecule has 2 heterocycles. The Morgan fingerprint density at radius 1 is 1.19 bits per heavy atom. The van der Waals surface area contributed by atoms with Crippen molar-refractivity contribution in [2.75, 3.05) is 31.9 Å². The van der Waals surface area contributed by atoms with Gasteiger partial charge in [0, 0.05) is 39.3 Å². The number of hydrogen-bond donors (Lipinski definition) is 0. The van der Waals surface area contributed by atoms with Crippen LogP contribution in [0.25, 0.3) is 0 Å². The van der Waals surface area contributed by atoms with Crippen molar-refractivity contribution in [1.29, 1.82) is 0 Å². The highest BCUT2D eigenvalue weighted by Gasteiger charge is 2.28. The maximum Gasteiger partial charge on any atom is 0.233 e. The van der Waals surface area contributed by atoms with E-state index in [9.17, 15) is 4.79 Å². The molecule has 138 valence electrons. The Kier molecular flexibility index (Phi) is 5.26. The van der Waals surface area contributed by atoms with Crippen molar-refractivity contribution in [3.63, 3.8) is 0 Å². The predicted molar refractivity (Wildman–Crippen MR) is 102 cm³/mol. The minimum absolute atomic E-state index is 0.201. The zero-order valence-electron chi connectivity index (χ0n) is 15.2. The van der Waals surface area contributed by atoms with E-state index in [0.717, 1.165) is 37.8 Å². The van der Waals surface area contributed by atoms with Crippen LogP contribution < -0.4 is 0 Å². The van der Waals surface area contributed by atoms with Gasteiger partial charge in [-0.15, -0.1) is 10.2 Å². The second kappa shape index (κ2) is 7.80. The SMILES string of the molecule is Cn1cnnc1SCC(=O)N1CCN([C@@H]2CCc3ccccc3C2)CC1. The molecule has 0 bridgehead atoms. The number of aromatic nitrogens is 3. The van der Waals surface area contributed by atoms with Crippen LogP contribution in [0.5, 0.6) is 0 Å². The number of benzene rings is 1. The summed E-state index contributed by atoms with van der Waals surface area (Å²) in [5.41, 5.74) is 3.01. The molecule has 6 nitrogen and oxygen atoms in total. The summed E-state index contributed by atoms with van der Waals surface area (Å²) in [6.45, 7) is 3.62. The van der Waals surface area contributed by atoms with Crippen molar-refractivity contribution >= 4 is 17.7 Å². The topological polar surface area (TPSA) is 54.3 Å². The van der Waals surface area contributed by atoms with E-state index in [1.54, 1.807) is 6.33 Å². The highest BCUT2D eigenvalue weighted by atomic mass is 32.2. The normalized spacial score (nSPS) is 20.8. The van der Waals surface area contributed by atoms with E-state index in [1.807, 2.05) is 16.5 Å². The second-order valence-electron chi connectivity index (χ2n) is 7.10. The van der Waals surface area contributed by atoms with Crippen molar-refractivity contribution in [3.05, 3.63) is 41.7 Å². The van der Waals surface area contributed by atoms with Crippen molar-refractivity contribution in [1.82, 2.24) is 24.6 Å². The average molecular weight is 372 g/mol. The van der Waals surface area contributed by atoms with Crippen molar-refractivity contribution in [2.45, 2.75) is 30.5 Å². The fraction of sp³-hybridized carbons (Fsp3) is 0.526. The number of amides is 1. The van der Waals surface area contributed by atoms with Gasteiger partial charge in [-0.05, 0) is 30.4 Å². The van der Waals surface area contributed by atoms with Gasteiger partial charge < -0.3 is 9.47 Å². The predicted octanol–water partition coefficient (Wildman–Crippen LogP) is 1.61. The molecule has 0 radical (unpaired) electrons. The molecule has 0 N–H and O–H groups in total. The lowest BCUT2D eigenvalue weighted by Gasteiger charge is -2.41. The molecule has 26 heavy (non-hydrogen) atoms. The molecule has 2 aromatic rings. The van der Waals surface area contributed by atoms with E-state index in [4.69, 9.17) is 0 Å². The average Bonchev–Trinajstić information content (AvgIpc) is 3.10. The van der Waals surface area contributed by atoms with Crippen LogP contribution in [0.4, 0.5) is 0 Å². The molecule has 1 aromatic heterocycles. The van der Waals surface area contributed by atoms with Crippen molar-refractivity contribution in [2.24, 2.45) is 7.05 Å². The number of fused-ring (bicyclic) bond motifs is 1. The van der Waals surface area contributed by atoms with Crippen LogP contribution in [0.3, 0.4) is 0 Å². The first-order chi connectivity index (χ1) is 12.7. The van der Waals surface area contributed by atoms with Crippen LogP contribution in [0.2, 0.25) is 0 Å². The fourth-order valence-electron chi connectivity index (χ4n) is 3.95. The third kappa shape index (κ3) is 3.78.